The molecule has 6 heteroatoms. The largest absolute Gasteiger partial charge is 0.251 e. The molecule has 0 amide bonds. The fourth-order valence-corrected chi connectivity index (χ4v) is 8.89. The van der Waals surface area contributed by atoms with Crippen LogP contribution in [0.25, 0.3) is 0 Å². The van der Waals surface area contributed by atoms with Gasteiger partial charge in [-0.25, -0.2) is 0 Å². The molecule has 24 heavy (non-hydrogen) atoms. The Kier molecular flexibility index (Phi) is 10.3. The predicted molar refractivity (Wildman–Crippen MR) is 118 cm³/mol. The van der Waals surface area contributed by atoms with Crippen LogP contribution in [0.3, 0.4) is 0 Å². The molecule has 0 nitrogen and oxygen atoms in total. The van der Waals surface area contributed by atoms with E-state index in [2.05, 4.69) is 38.1 Å². The Morgan fingerprint density at radius 2 is 1.42 bits per heavy atom. The first kappa shape index (κ1) is 22.9. The molecular formula is C18H30Cl4Si2. The molecule has 0 aromatic heterocycles. The molecule has 1 rings (SSSR count). The fourth-order valence-electron chi connectivity index (χ4n) is 2.92. The van der Waals surface area contributed by atoms with Gasteiger partial charge in [-0.2, -0.15) is 0 Å². The first-order valence-corrected chi connectivity index (χ1v) is 18.1. The molecule has 0 saturated carbocycles. The van der Waals surface area contributed by atoms with Crippen LogP contribution in [0.2, 0.25) is 24.7 Å². The second-order valence-corrected chi connectivity index (χ2v) is 22.8. The highest BCUT2D eigenvalue weighted by Gasteiger charge is 2.30. The summed E-state index contributed by atoms with van der Waals surface area (Å²) in [5, 5.41) is 0. The standard InChI is InChI=1S/C18H30Cl4Si2/c1-4-17-9-11-18(12-10-17)16(2)15-24(21,22)14-8-6-5-7-13-23(3,19)20/h9-12,16H,4-8,13-15H2,1-3H3. The maximum atomic E-state index is 6.69. The number of hydrogen-bond donors (Lipinski definition) is 0. The van der Waals surface area contributed by atoms with Gasteiger partial charge >= 0.3 is 0 Å². The highest BCUT2D eigenvalue weighted by molar-refractivity contribution is 7.45. The van der Waals surface area contributed by atoms with Gasteiger partial charge in [0.25, 0.3) is 6.69 Å². The summed E-state index contributed by atoms with van der Waals surface area (Å²) >= 11 is 25.6. The minimum absolute atomic E-state index is 0.428. The number of hydrogen-bond acceptors (Lipinski definition) is 0. The molecule has 1 atom stereocenters. The Morgan fingerprint density at radius 3 is 1.92 bits per heavy atom. The summed E-state index contributed by atoms with van der Waals surface area (Å²) < 4.78 is 0. The Balaban J connectivity index is 2.31. The van der Waals surface area contributed by atoms with Gasteiger partial charge < -0.3 is 0 Å². The van der Waals surface area contributed by atoms with E-state index in [9.17, 15) is 0 Å². The molecule has 0 aliphatic rings. The van der Waals surface area contributed by atoms with Crippen molar-refractivity contribution in [2.75, 3.05) is 0 Å². The van der Waals surface area contributed by atoms with Crippen LogP contribution in [0.15, 0.2) is 24.3 Å². The van der Waals surface area contributed by atoms with E-state index < -0.39 is 13.4 Å². The smallest absolute Gasteiger partial charge is 0.146 e. The Morgan fingerprint density at radius 1 is 0.875 bits per heavy atom. The number of benzene rings is 1. The molecule has 1 unspecified atom stereocenters. The molecule has 0 aliphatic carbocycles. The average Bonchev–Trinajstić information content (AvgIpc) is 2.49. The van der Waals surface area contributed by atoms with E-state index in [1.54, 1.807) is 0 Å². The topological polar surface area (TPSA) is 0 Å². The summed E-state index contributed by atoms with van der Waals surface area (Å²) in [7, 11) is 0. The van der Waals surface area contributed by atoms with E-state index in [1.807, 2.05) is 6.55 Å². The molecule has 0 bridgehead atoms. The fraction of sp³-hybridized carbons (Fsp3) is 0.667. The number of halogens is 4. The van der Waals surface area contributed by atoms with Crippen LogP contribution in [0, 0.1) is 0 Å². The molecule has 1 aromatic carbocycles. The van der Waals surface area contributed by atoms with Crippen LogP contribution < -0.4 is 0 Å². The lowest BCUT2D eigenvalue weighted by atomic mass is 10.0. The quantitative estimate of drug-likeness (QED) is 0.183. The van der Waals surface area contributed by atoms with Crippen molar-refractivity contribution in [3.8, 4) is 0 Å². The van der Waals surface area contributed by atoms with E-state index in [0.29, 0.717) is 5.92 Å². The van der Waals surface area contributed by atoms with Crippen LogP contribution in [-0.4, -0.2) is 13.4 Å². The van der Waals surface area contributed by atoms with E-state index in [-0.39, 0.29) is 0 Å². The van der Waals surface area contributed by atoms with Crippen LogP contribution in [-0.2, 0) is 6.42 Å². The Hall–Kier alpha value is 0.814. The SMILES string of the molecule is CCc1ccc(C(C)C[Si](Cl)(Cl)CCCCCC[Si](C)(Cl)Cl)cc1. The van der Waals surface area contributed by atoms with Crippen LogP contribution in [0.5, 0.6) is 0 Å². The first-order chi connectivity index (χ1) is 11.1. The van der Waals surface area contributed by atoms with E-state index in [0.717, 1.165) is 37.4 Å². The summed E-state index contributed by atoms with van der Waals surface area (Å²) in [5.74, 6) is 0.428. The van der Waals surface area contributed by atoms with Gasteiger partial charge in [0.1, 0.15) is 0 Å². The average molecular weight is 444 g/mol. The lowest BCUT2D eigenvalue weighted by molar-refractivity contribution is 0.694. The highest BCUT2D eigenvalue weighted by atomic mass is 35.7. The zero-order valence-electron chi connectivity index (χ0n) is 15.1. The van der Waals surface area contributed by atoms with Crippen molar-refractivity contribution in [2.45, 2.75) is 76.5 Å². The van der Waals surface area contributed by atoms with Crippen molar-refractivity contribution in [1.29, 1.82) is 0 Å². The number of unbranched alkanes of at least 4 members (excludes halogenated alkanes) is 3. The van der Waals surface area contributed by atoms with Crippen LogP contribution >= 0.6 is 44.3 Å². The molecule has 0 heterocycles. The summed E-state index contributed by atoms with van der Waals surface area (Å²) in [6, 6.07) is 11.7. The van der Waals surface area contributed by atoms with Crippen molar-refractivity contribution in [2.24, 2.45) is 0 Å². The van der Waals surface area contributed by atoms with Crippen molar-refractivity contribution in [1.82, 2.24) is 0 Å². The van der Waals surface area contributed by atoms with Gasteiger partial charge in [-0.1, -0.05) is 63.8 Å². The molecule has 0 saturated heterocycles. The molecule has 138 valence electrons. The maximum Gasteiger partial charge on any atom is 0.251 e. The van der Waals surface area contributed by atoms with Gasteiger partial charge in [0.05, 0.1) is 0 Å². The zero-order valence-corrected chi connectivity index (χ0v) is 20.1. The zero-order chi connectivity index (χ0) is 18.2. The van der Waals surface area contributed by atoms with Crippen molar-refractivity contribution in [3.63, 3.8) is 0 Å². The maximum absolute atomic E-state index is 6.69. The lowest BCUT2D eigenvalue weighted by Crippen LogP contribution is -2.21. The second kappa shape index (κ2) is 10.8. The van der Waals surface area contributed by atoms with Gasteiger partial charge in [0.15, 0.2) is 0 Å². The number of rotatable bonds is 11. The monoisotopic (exact) mass is 442 g/mol. The number of aryl methyl sites for hydroxylation is 1. The lowest BCUT2D eigenvalue weighted by Gasteiger charge is -2.21. The van der Waals surface area contributed by atoms with E-state index in [1.165, 1.54) is 24.0 Å². The Bertz CT molecular complexity index is 469. The molecule has 0 N–H and O–H groups in total. The molecule has 0 aliphatic heterocycles. The Labute approximate surface area is 169 Å². The van der Waals surface area contributed by atoms with Crippen molar-refractivity contribution >= 4 is 57.7 Å². The highest BCUT2D eigenvalue weighted by Crippen LogP contribution is 2.35. The predicted octanol–water partition coefficient (Wildman–Crippen LogP) is 8.38. The first-order valence-electron chi connectivity index (χ1n) is 8.97. The normalized spacial score (nSPS) is 14.0. The third-order valence-electron chi connectivity index (χ3n) is 4.47. The van der Waals surface area contributed by atoms with Gasteiger partial charge in [-0.3, -0.25) is 0 Å². The molecule has 1 aromatic rings. The molecule has 0 radical (unpaired) electrons. The summed E-state index contributed by atoms with van der Waals surface area (Å²) in [6.07, 6.45) is 5.66. The van der Waals surface area contributed by atoms with E-state index >= 15 is 0 Å². The van der Waals surface area contributed by atoms with Gasteiger partial charge in [-0.05, 0) is 48.1 Å². The second-order valence-electron chi connectivity index (χ2n) is 7.04. The molecule has 0 spiro atoms. The minimum Gasteiger partial charge on any atom is -0.146 e. The van der Waals surface area contributed by atoms with E-state index in [4.69, 9.17) is 44.3 Å². The molecule has 0 fully saturated rings. The summed E-state index contributed by atoms with van der Waals surface area (Å²) in [5.41, 5.74) is 2.72. The van der Waals surface area contributed by atoms with Crippen LogP contribution in [0.1, 0.15) is 56.6 Å². The minimum atomic E-state index is -2.17. The van der Waals surface area contributed by atoms with Gasteiger partial charge in [0.2, 0.25) is 6.69 Å². The van der Waals surface area contributed by atoms with Gasteiger partial charge in [-0.15, -0.1) is 44.3 Å². The third-order valence-corrected chi connectivity index (χ3v) is 11.2. The molecular weight excluding hydrogens is 414 g/mol. The summed E-state index contributed by atoms with van der Waals surface area (Å²) in [4.78, 5) is 0. The third kappa shape index (κ3) is 10.1. The van der Waals surface area contributed by atoms with Crippen molar-refractivity contribution < 1.29 is 0 Å². The summed E-state index contributed by atoms with van der Waals surface area (Å²) in [6.45, 7) is 2.31. The van der Waals surface area contributed by atoms with Gasteiger partial charge in [0, 0.05) is 0 Å². The van der Waals surface area contributed by atoms with Crippen molar-refractivity contribution in [3.05, 3.63) is 35.4 Å². The van der Waals surface area contributed by atoms with Crippen LogP contribution in [0.4, 0.5) is 0 Å².